The minimum Gasteiger partial charge on any atom is -0.379 e. The van der Waals surface area contributed by atoms with E-state index in [0.717, 1.165) is 30.9 Å². The van der Waals surface area contributed by atoms with Crippen LogP contribution in [0.5, 0.6) is 0 Å². The molecular weight excluding hydrogens is 242 g/mol. The van der Waals surface area contributed by atoms with Crippen molar-refractivity contribution in [3.63, 3.8) is 0 Å². The van der Waals surface area contributed by atoms with Gasteiger partial charge in [-0.05, 0) is 38.2 Å². The first kappa shape index (κ1) is 13.1. The molecule has 2 rings (SSSR count). The lowest BCUT2D eigenvalue weighted by molar-refractivity contribution is 0.413. The summed E-state index contributed by atoms with van der Waals surface area (Å²) in [5, 5.41) is 5.44. The fourth-order valence-corrected chi connectivity index (χ4v) is 2.22. The van der Waals surface area contributed by atoms with Crippen LogP contribution in [-0.4, -0.2) is 30.5 Å². The lowest BCUT2D eigenvalue weighted by Crippen LogP contribution is -2.14. The van der Waals surface area contributed by atoms with Crippen molar-refractivity contribution in [3.05, 3.63) is 46.4 Å². The number of hydrogen-bond donors (Lipinski definition) is 1. The van der Waals surface area contributed by atoms with Crippen molar-refractivity contribution < 1.29 is 0 Å². The van der Waals surface area contributed by atoms with Crippen molar-refractivity contribution >= 4 is 17.0 Å². The second kappa shape index (κ2) is 6.52. The lowest BCUT2D eigenvalue weighted by atomic mass is 10.1. The Labute approximate surface area is 112 Å². The van der Waals surface area contributed by atoms with Crippen LogP contribution in [0.3, 0.4) is 0 Å². The molecule has 0 spiro atoms. The van der Waals surface area contributed by atoms with E-state index in [4.69, 9.17) is 0 Å². The highest BCUT2D eigenvalue weighted by molar-refractivity contribution is 7.07. The summed E-state index contributed by atoms with van der Waals surface area (Å²) in [6, 6.07) is 8.65. The van der Waals surface area contributed by atoms with Crippen LogP contribution in [0.1, 0.15) is 11.3 Å². The zero-order valence-electron chi connectivity index (χ0n) is 10.9. The van der Waals surface area contributed by atoms with Gasteiger partial charge in [0.15, 0.2) is 0 Å². The van der Waals surface area contributed by atoms with E-state index in [1.165, 1.54) is 5.56 Å². The number of rotatable bonds is 6. The third kappa shape index (κ3) is 4.13. The van der Waals surface area contributed by atoms with Gasteiger partial charge in [-0.1, -0.05) is 12.1 Å². The molecule has 18 heavy (non-hydrogen) atoms. The van der Waals surface area contributed by atoms with Gasteiger partial charge in [-0.15, -0.1) is 11.3 Å². The highest BCUT2D eigenvalue weighted by atomic mass is 32.1. The molecule has 4 heteroatoms. The molecule has 0 saturated heterocycles. The van der Waals surface area contributed by atoms with Crippen molar-refractivity contribution in [2.24, 2.45) is 0 Å². The number of anilines is 1. The standard InChI is InChI=1S/C14H19N3S/c1-17(2)8-7-12-3-5-13(6-4-12)15-9-14-10-18-11-16-14/h3-6,10-11,15H,7-9H2,1-2H3. The maximum Gasteiger partial charge on any atom is 0.0795 e. The number of hydrogen-bond acceptors (Lipinski definition) is 4. The van der Waals surface area contributed by atoms with Gasteiger partial charge in [-0.3, -0.25) is 0 Å². The van der Waals surface area contributed by atoms with Gasteiger partial charge < -0.3 is 10.2 Å². The van der Waals surface area contributed by atoms with Gasteiger partial charge in [0.25, 0.3) is 0 Å². The van der Waals surface area contributed by atoms with E-state index >= 15 is 0 Å². The summed E-state index contributed by atoms with van der Waals surface area (Å²) in [4.78, 5) is 6.45. The largest absolute Gasteiger partial charge is 0.379 e. The van der Waals surface area contributed by atoms with Crippen LogP contribution >= 0.6 is 11.3 Å². The minimum atomic E-state index is 0.792. The molecule has 1 aromatic carbocycles. The minimum absolute atomic E-state index is 0.792. The number of likely N-dealkylation sites (N-methyl/N-ethyl adjacent to an activating group) is 1. The van der Waals surface area contributed by atoms with E-state index in [2.05, 4.69) is 58.9 Å². The third-order valence-electron chi connectivity index (χ3n) is 2.76. The summed E-state index contributed by atoms with van der Waals surface area (Å²) >= 11 is 1.63. The highest BCUT2D eigenvalue weighted by Gasteiger charge is 1.97. The number of nitrogens with zero attached hydrogens (tertiary/aromatic N) is 2. The molecular formula is C14H19N3S. The summed E-state index contributed by atoms with van der Waals surface area (Å²) in [5.74, 6) is 0. The zero-order chi connectivity index (χ0) is 12.8. The normalized spacial score (nSPS) is 10.8. The van der Waals surface area contributed by atoms with Crippen molar-refractivity contribution in [1.29, 1.82) is 0 Å². The highest BCUT2D eigenvalue weighted by Crippen LogP contribution is 2.12. The van der Waals surface area contributed by atoms with Crippen molar-refractivity contribution in [2.75, 3.05) is 26.0 Å². The molecule has 1 heterocycles. The van der Waals surface area contributed by atoms with Crippen molar-refractivity contribution in [3.8, 4) is 0 Å². The first-order valence-electron chi connectivity index (χ1n) is 6.08. The van der Waals surface area contributed by atoms with E-state index in [0.29, 0.717) is 0 Å². The van der Waals surface area contributed by atoms with Crippen LogP contribution in [0.15, 0.2) is 35.2 Å². The van der Waals surface area contributed by atoms with Gasteiger partial charge in [-0.25, -0.2) is 4.98 Å². The quantitative estimate of drug-likeness (QED) is 0.866. The Morgan fingerprint density at radius 1 is 1.22 bits per heavy atom. The summed E-state index contributed by atoms with van der Waals surface area (Å²) in [6.07, 6.45) is 1.10. The van der Waals surface area contributed by atoms with Gasteiger partial charge in [0.1, 0.15) is 0 Å². The predicted octanol–water partition coefficient (Wildman–Crippen LogP) is 2.86. The molecule has 0 aliphatic rings. The van der Waals surface area contributed by atoms with E-state index in [1.807, 2.05) is 5.51 Å². The van der Waals surface area contributed by atoms with E-state index < -0.39 is 0 Å². The SMILES string of the molecule is CN(C)CCc1ccc(NCc2cscn2)cc1. The molecule has 0 bridgehead atoms. The van der Waals surface area contributed by atoms with Crippen LogP contribution in [0.25, 0.3) is 0 Å². The Kier molecular flexibility index (Phi) is 4.73. The number of nitrogens with one attached hydrogen (secondary N) is 1. The average molecular weight is 261 g/mol. The maximum absolute atomic E-state index is 4.25. The number of aromatic nitrogens is 1. The molecule has 2 aromatic rings. The third-order valence-corrected chi connectivity index (χ3v) is 3.39. The second-order valence-corrected chi connectivity index (χ2v) is 5.30. The molecule has 0 amide bonds. The van der Waals surface area contributed by atoms with Crippen LogP contribution in [-0.2, 0) is 13.0 Å². The molecule has 0 atom stereocenters. The predicted molar refractivity (Wildman–Crippen MR) is 78.1 cm³/mol. The van der Waals surface area contributed by atoms with Crippen LogP contribution in [0, 0.1) is 0 Å². The van der Waals surface area contributed by atoms with Gasteiger partial charge in [0, 0.05) is 17.6 Å². The Hall–Kier alpha value is -1.39. The summed E-state index contributed by atoms with van der Waals surface area (Å²) in [5.41, 5.74) is 5.48. The maximum atomic E-state index is 4.25. The van der Waals surface area contributed by atoms with Gasteiger partial charge in [0.2, 0.25) is 0 Å². The van der Waals surface area contributed by atoms with Crippen molar-refractivity contribution in [1.82, 2.24) is 9.88 Å². The first-order valence-corrected chi connectivity index (χ1v) is 7.03. The van der Waals surface area contributed by atoms with Gasteiger partial charge >= 0.3 is 0 Å². The van der Waals surface area contributed by atoms with E-state index in [9.17, 15) is 0 Å². The Bertz CT molecular complexity index is 448. The molecule has 96 valence electrons. The van der Waals surface area contributed by atoms with Crippen LogP contribution in [0.2, 0.25) is 0 Å². The first-order chi connectivity index (χ1) is 8.74. The average Bonchev–Trinajstić information content (AvgIpc) is 2.88. The fourth-order valence-electron chi connectivity index (χ4n) is 1.66. The molecule has 3 nitrogen and oxygen atoms in total. The van der Waals surface area contributed by atoms with Gasteiger partial charge in [-0.2, -0.15) is 0 Å². The molecule has 0 radical (unpaired) electrons. The summed E-state index contributed by atoms with van der Waals surface area (Å²) in [6.45, 7) is 1.88. The Morgan fingerprint density at radius 2 is 2.00 bits per heavy atom. The molecule has 1 aromatic heterocycles. The molecule has 0 unspecified atom stereocenters. The van der Waals surface area contributed by atoms with E-state index in [1.54, 1.807) is 11.3 Å². The second-order valence-electron chi connectivity index (χ2n) is 4.58. The molecule has 1 N–H and O–H groups in total. The number of thiazole rings is 1. The molecule has 0 aliphatic heterocycles. The van der Waals surface area contributed by atoms with Crippen LogP contribution in [0.4, 0.5) is 5.69 Å². The Balaban J connectivity index is 1.83. The summed E-state index contributed by atoms with van der Waals surface area (Å²) < 4.78 is 0. The van der Waals surface area contributed by atoms with Gasteiger partial charge in [0.05, 0.1) is 17.7 Å². The Morgan fingerprint density at radius 3 is 2.61 bits per heavy atom. The summed E-state index contributed by atoms with van der Waals surface area (Å²) in [7, 11) is 4.20. The molecule has 0 aliphatic carbocycles. The van der Waals surface area contributed by atoms with Crippen LogP contribution < -0.4 is 5.32 Å². The topological polar surface area (TPSA) is 28.2 Å². The fraction of sp³-hybridized carbons (Fsp3) is 0.357. The van der Waals surface area contributed by atoms with Crippen molar-refractivity contribution in [2.45, 2.75) is 13.0 Å². The molecule has 0 saturated carbocycles. The number of benzene rings is 1. The van der Waals surface area contributed by atoms with E-state index in [-0.39, 0.29) is 0 Å². The lowest BCUT2D eigenvalue weighted by Gasteiger charge is -2.10. The molecule has 0 fully saturated rings. The zero-order valence-corrected chi connectivity index (χ0v) is 11.7. The smallest absolute Gasteiger partial charge is 0.0795 e. The monoisotopic (exact) mass is 261 g/mol.